The Labute approximate surface area is 140 Å². The van der Waals surface area contributed by atoms with Crippen molar-refractivity contribution < 1.29 is 23.5 Å². The maximum atomic E-state index is 11.9. The lowest BCUT2D eigenvalue weighted by Gasteiger charge is -2.06. The van der Waals surface area contributed by atoms with Gasteiger partial charge in [-0.05, 0) is 42.3 Å². The molecule has 6 heteroatoms. The summed E-state index contributed by atoms with van der Waals surface area (Å²) in [4.78, 5) is 23.2. The summed E-state index contributed by atoms with van der Waals surface area (Å²) in [5, 5.41) is 2.79. The first kappa shape index (κ1) is 17.6. The van der Waals surface area contributed by atoms with E-state index in [1.54, 1.807) is 36.4 Å². The molecular weight excluding hydrogens is 310 g/mol. The summed E-state index contributed by atoms with van der Waals surface area (Å²) in [6, 6.07) is 9.90. The lowest BCUT2D eigenvalue weighted by Crippen LogP contribution is -2.26. The van der Waals surface area contributed by atoms with Crippen LogP contribution in [0, 0.1) is 5.92 Å². The van der Waals surface area contributed by atoms with E-state index in [1.165, 1.54) is 7.11 Å². The summed E-state index contributed by atoms with van der Waals surface area (Å²) in [7, 11) is 1.33. The van der Waals surface area contributed by atoms with E-state index in [0.29, 0.717) is 29.5 Å². The zero-order valence-corrected chi connectivity index (χ0v) is 14.0. The number of hydrogen-bond acceptors (Lipinski definition) is 5. The van der Waals surface area contributed by atoms with Crippen molar-refractivity contribution in [3.8, 4) is 5.75 Å². The number of carbonyl (C=O) groups excluding carboxylic acids is 2. The molecular formula is C18H21NO5. The molecule has 0 atom stereocenters. The molecule has 128 valence electrons. The molecule has 6 nitrogen and oxygen atoms in total. The van der Waals surface area contributed by atoms with Gasteiger partial charge in [0.05, 0.1) is 12.7 Å². The van der Waals surface area contributed by atoms with Gasteiger partial charge < -0.3 is 19.2 Å². The van der Waals surface area contributed by atoms with E-state index in [-0.39, 0.29) is 18.3 Å². The SMILES string of the molecule is COC(=O)c1ccc(OCc2ccc(C(=O)NCC(C)C)o2)cc1. The van der Waals surface area contributed by atoms with Crippen LogP contribution in [-0.2, 0) is 11.3 Å². The molecule has 0 saturated carbocycles. The second-order valence-electron chi connectivity index (χ2n) is 5.67. The molecule has 0 bridgehead atoms. The molecule has 0 radical (unpaired) electrons. The molecule has 24 heavy (non-hydrogen) atoms. The number of nitrogens with one attached hydrogen (secondary N) is 1. The standard InChI is InChI=1S/C18H21NO5/c1-12(2)10-19-17(20)16-9-8-15(24-16)11-23-14-6-4-13(5-7-14)18(21)22-3/h4-9,12H,10-11H2,1-3H3,(H,19,20). The van der Waals surface area contributed by atoms with Gasteiger partial charge in [-0.3, -0.25) is 4.79 Å². The third-order valence-corrected chi connectivity index (χ3v) is 3.21. The minimum Gasteiger partial charge on any atom is -0.486 e. The van der Waals surface area contributed by atoms with Gasteiger partial charge in [0.25, 0.3) is 5.91 Å². The van der Waals surface area contributed by atoms with Crippen molar-refractivity contribution in [2.75, 3.05) is 13.7 Å². The van der Waals surface area contributed by atoms with Crippen molar-refractivity contribution in [2.45, 2.75) is 20.5 Å². The minimum atomic E-state index is -0.398. The molecule has 0 aliphatic rings. The molecule has 2 aromatic rings. The van der Waals surface area contributed by atoms with E-state index in [9.17, 15) is 9.59 Å². The number of esters is 1. The zero-order valence-electron chi connectivity index (χ0n) is 14.0. The van der Waals surface area contributed by atoms with Crippen LogP contribution in [0.3, 0.4) is 0 Å². The van der Waals surface area contributed by atoms with Gasteiger partial charge >= 0.3 is 5.97 Å². The van der Waals surface area contributed by atoms with Crippen molar-refractivity contribution in [1.29, 1.82) is 0 Å². The van der Waals surface area contributed by atoms with Crippen LogP contribution in [0.5, 0.6) is 5.75 Å². The molecule has 1 amide bonds. The third kappa shape index (κ3) is 4.87. The minimum absolute atomic E-state index is 0.190. The second kappa shape index (κ2) is 8.19. The average Bonchev–Trinajstić information content (AvgIpc) is 3.06. The van der Waals surface area contributed by atoms with Gasteiger partial charge in [0.15, 0.2) is 5.76 Å². The molecule has 2 rings (SSSR count). The largest absolute Gasteiger partial charge is 0.486 e. The summed E-state index contributed by atoms with van der Waals surface area (Å²) in [6.07, 6.45) is 0. The molecule has 0 fully saturated rings. The Bertz CT molecular complexity index is 688. The second-order valence-corrected chi connectivity index (χ2v) is 5.67. The third-order valence-electron chi connectivity index (χ3n) is 3.21. The molecule has 0 unspecified atom stereocenters. The number of amides is 1. The van der Waals surface area contributed by atoms with Gasteiger partial charge in [0.1, 0.15) is 18.1 Å². The van der Waals surface area contributed by atoms with Crippen molar-refractivity contribution >= 4 is 11.9 Å². The molecule has 1 aromatic carbocycles. The van der Waals surface area contributed by atoms with Crippen LogP contribution in [0.4, 0.5) is 0 Å². The fourth-order valence-corrected chi connectivity index (χ4v) is 1.92. The van der Waals surface area contributed by atoms with Crippen LogP contribution in [-0.4, -0.2) is 25.5 Å². The monoisotopic (exact) mass is 331 g/mol. The number of carbonyl (C=O) groups is 2. The van der Waals surface area contributed by atoms with Gasteiger partial charge in [-0.15, -0.1) is 0 Å². The molecule has 1 heterocycles. The van der Waals surface area contributed by atoms with E-state index in [0.717, 1.165) is 0 Å². The summed E-state index contributed by atoms with van der Waals surface area (Å²) >= 11 is 0. The molecule has 1 aromatic heterocycles. The zero-order chi connectivity index (χ0) is 17.5. The Balaban J connectivity index is 1.88. The first-order valence-electron chi connectivity index (χ1n) is 7.67. The topological polar surface area (TPSA) is 77.8 Å². The Morgan fingerprint density at radius 2 is 1.83 bits per heavy atom. The van der Waals surface area contributed by atoms with E-state index < -0.39 is 5.97 Å². The number of benzene rings is 1. The lowest BCUT2D eigenvalue weighted by atomic mass is 10.2. The predicted molar refractivity (Wildman–Crippen MR) is 88.0 cm³/mol. The van der Waals surface area contributed by atoms with Gasteiger partial charge in [0, 0.05) is 6.54 Å². The quantitative estimate of drug-likeness (QED) is 0.789. The molecule has 0 saturated heterocycles. The van der Waals surface area contributed by atoms with Crippen molar-refractivity contribution in [3.63, 3.8) is 0 Å². The number of hydrogen-bond donors (Lipinski definition) is 1. The van der Waals surface area contributed by atoms with E-state index in [4.69, 9.17) is 9.15 Å². The number of furan rings is 1. The predicted octanol–water partition coefficient (Wildman–Crippen LogP) is 3.03. The van der Waals surface area contributed by atoms with Gasteiger partial charge in [-0.2, -0.15) is 0 Å². The number of methoxy groups -OCH3 is 1. The number of rotatable bonds is 7. The van der Waals surface area contributed by atoms with E-state index >= 15 is 0 Å². The summed E-state index contributed by atoms with van der Waals surface area (Å²) < 4.78 is 15.7. The Morgan fingerprint density at radius 1 is 1.12 bits per heavy atom. The normalized spacial score (nSPS) is 10.5. The Morgan fingerprint density at radius 3 is 2.46 bits per heavy atom. The summed E-state index contributed by atoms with van der Waals surface area (Å²) in [6.45, 7) is 4.83. The first-order chi connectivity index (χ1) is 11.5. The molecule has 0 spiro atoms. The highest BCUT2D eigenvalue weighted by molar-refractivity contribution is 5.91. The fraction of sp³-hybridized carbons (Fsp3) is 0.333. The molecule has 0 aliphatic heterocycles. The van der Waals surface area contributed by atoms with Gasteiger partial charge in [0.2, 0.25) is 0 Å². The molecule has 0 aliphatic carbocycles. The fourth-order valence-electron chi connectivity index (χ4n) is 1.92. The van der Waals surface area contributed by atoms with Gasteiger partial charge in [-0.25, -0.2) is 4.79 Å². The molecule has 1 N–H and O–H groups in total. The van der Waals surface area contributed by atoms with Crippen LogP contribution in [0.2, 0.25) is 0 Å². The van der Waals surface area contributed by atoms with E-state index in [1.807, 2.05) is 13.8 Å². The van der Waals surface area contributed by atoms with Crippen LogP contribution in [0.15, 0.2) is 40.8 Å². The van der Waals surface area contributed by atoms with Crippen molar-refractivity contribution in [1.82, 2.24) is 5.32 Å². The maximum absolute atomic E-state index is 11.9. The lowest BCUT2D eigenvalue weighted by molar-refractivity contribution is 0.0600. The Kier molecular flexibility index (Phi) is 6.01. The highest BCUT2D eigenvalue weighted by atomic mass is 16.5. The van der Waals surface area contributed by atoms with Crippen molar-refractivity contribution in [2.24, 2.45) is 5.92 Å². The summed E-state index contributed by atoms with van der Waals surface area (Å²) in [5.41, 5.74) is 0.451. The summed E-state index contributed by atoms with van der Waals surface area (Å²) in [5.74, 6) is 1.13. The first-order valence-corrected chi connectivity index (χ1v) is 7.67. The van der Waals surface area contributed by atoms with Crippen LogP contribution >= 0.6 is 0 Å². The maximum Gasteiger partial charge on any atom is 0.337 e. The highest BCUT2D eigenvalue weighted by Gasteiger charge is 2.12. The number of ether oxygens (including phenoxy) is 2. The van der Waals surface area contributed by atoms with Crippen molar-refractivity contribution in [3.05, 3.63) is 53.5 Å². The van der Waals surface area contributed by atoms with Crippen LogP contribution < -0.4 is 10.1 Å². The Hall–Kier alpha value is -2.76. The average molecular weight is 331 g/mol. The van der Waals surface area contributed by atoms with E-state index in [2.05, 4.69) is 10.1 Å². The van der Waals surface area contributed by atoms with Crippen LogP contribution in [0.1, 0.15) is 40.5 Å². The smallest absolute Gasteiger partial charge is 0.337 e. The van der Waals surface area contributed by atoms with Gasteiger partial charge in [-0.1, -0.05) is 13.8 Å². The van der Waals surface area contributed by atoms with Crippen LogP contribution in [0.25, 0.3) is 0 Å². The highest BCUT2D eigenvalue weighted by Crippen LogP contribution is 2.16.